The van der Waals surface area contributed by atoms with Crippen LogP contribution < -0.4 is 10.6 Å². The molecule has 1 saturated heterocycles. The second-order valence-corrected chi connectivity index (χ2v) is 8.31. The van der Waals surface area contributed by atoms with Gasteiger partial charge in [0.05, 0.1) is 12.6 Å². The topological polar surface area (TPSA) is 81.7 Å². The van der Waals surface area contributed by atoms with Gasteiger partial charge in [-0.3, -0.25) is 9.59 Å². The number of nitrogens with one attached hydrogen (secondary N) is 2. The maximum atomic E-state index is 11.7. The second kappa shape index (κ2) is 15.7. The highest BCUT2D eigenvalue weighted by molar-refractivity contribution is 5.94. The Kier molecular flexibility index (Phi) is 14.0. The second-order valence-electron chi connectivity index (χ2n) is 8.31. The number of hydrogen-bond donors (Lipinski definition) is 3. The Morgan fingerprint density at radius 3 is 2.14 bits per heavy atom. The van der Waals surface area contributed by atoms with Crippen molar-refractivity contribution in [1.82, 2.24) is 15.5 Å². The molecule has 1 aliphatic heterocycles. The average Bonchev–Trinajstić information content (AvgIpc) is 2.65. The summed E-state index contributed by atoms with van der Waals surface area (Å²) in [6.45, 7) is 6.86. The number of nitrogens with zero attached hydrogens (tertiary/aromatic N) is 1. The molecule has 0 aliphatic carbocycles. The molecule has 1 heterocycles. The number of amides is 2. The van der Waals surface area contributed by atoms with E-state index in [0.29, 0.717) is 13.0 Å². The molecule has 28 heavy (non-hydrogen) atoms. The standard InChI is InChI=1S/C22H43N3O3/c1-3-4-5-6-7-8-9-10-12-15-25(18-19(2)26)16-13-11-14-20-22(28)23-17-21(27)24-20/h19-20,26H,3-18H2,1-2H3,(H,23,28)(H,24,27). The van der Waals surface area contributed by atoms with Crippen LogP contribution in [0.4, 0.5) is 0 Å². The summed E-state index contributed by atoms with van der Waals surface area (Å²) in [6, 6.07) is -0.385. The third-order valence-electron chi connectivity index (χ3n) is 5.39. The van der Waals surface area contributed by atoms with Crippen molar-refractivity contribution in [3.8, 4) is 0 Å². The van der Waals surface area contributed by atoms with E-state index in [1.165, 1.54) is 57.8 Å². The summed E-state index contributed by atoms with van der Waals surface area (Å²) < 4.78 is 0. The molecular weight excluding hydrogens is 354 g/mol. The van der Waals surface area contributed by atoms with Gasteiger partial charge in [-0.25, -0.2) is 0 Å². The molecule has 1 fully saturated rings. The molecule has 0 aromatic heterocycles. The molecular formula is C22H43N3O3. The summed E-state index contributed by atoms with van der Waals surface area (Å²) in [7, 11) is 0. The molecule has 0 spiro atoms. The maximum Gasteiger partial charge on any atom is 0.243 e. The molecule has 164 valence electrons. The van der Waals surface area contributed by atoms with E-state index in [9.17, 15) is 14.7 Å². The molecule has 6 heteroatoms. The van der Waals surface area contributed by atoms with Crippen molar-refractivity contribution in [2.75, 3.05) is 26.2 Å². The molecule has 0 aromatic rings. The highest BCUT2D eigenvalue weighted by Crippen LogP contribution is 2.11. The number of piperazine rings is 1. The maximum absolute atomic E-state index is 11.7. The fraction of sp³-hybridized carbons (Fsp3) is 0.909. The van der Waals surface area contributed by atoms with E-state index >= 15 is 0 Å². The number of hydrogen-bond acceptors (Lipinski definition) is 4. The largest absolute Gasteiger partial charge is 0.392 e. The van der Waals surface area contributed by atoms with Crippen LogP contribution in [-0.2, 0) is 9.59 Å². The van der Waals surface area contributed by atoms with Crippen molar-refractivity contribution < 1.29 is 14.7 Å². The highest BCUT2D eigenvalue weighted by atomic mass is 16.3. The van der Waals surface area contributed by atoms with Gasteiger partial charge in [0.1, 0.15) is 6.04 Å². The Balaban J connectivity index is 2.11. The molecule has 2 unspecified atom stereocenters. The number of aliphatic hydroxyl groups is 1. The Morgan fingerprint density at radius 2 is 1.54 bits per heavy atom. The normalized spacial score (nSPS) is 18.2. The van der Waals surface area contributed by atoms with E-state index < -0.39 is 0 Å². The van der Waals surface area contributed by atoms with E-state index in [0.717, 1.165) is 25.9 Å². The zero-order valence-corrected chi connectivity index (χ0v) is 18.2. The van der Waals surface area contributed by atoms with Gasteiger partial charge in [-0.05, 0) is 45.7 Å². The number of unbranched alkanes of at least 4 members (excludes halogenated alkanes) is 9. The van der Waals surface area contributed by atoms with Crippen LogP contribution in [0.2, 0.25) is 0 Å². The monoisotopic (exact) mass is 397 g/mol. The van der Waals surface area contributed by atoms with Crippen LogP contribution in [0, 0.1) is 0 Å². The van der Waals surface area contributed by atoms with Crippen LogP contribution >= 0.6 is 0 Å². The van der Waals surface area contributed by atoms with Gasteiger partial charge in [0, 0.05) is 6.54 Å². The third kappa shape index (κ3) is 12.3. The first-order valence-electron chi connectivity index (χ1n) is 11.5. The number of rotatable bonds is 17. The molecule has 1 aliphatic rings. The van der Waals surface area contributed by atoms with Crippen LogP contribution in [0.1, 0.15) is 90.9 Å². The Morgan fingerprint density at radius 1 is 0.964 bits per heavy atom. The summed E-state index contributed by atoms with van der Waals surface area (Å²) in [5, 5.41) is 15.1. The summed E-state index contributed by atoms with van der Waals surface area (Å²) >= 11 is 0. The van der Waals surface area contributed by atoms with Crippen molar-refractivity contribution in [1.29, 1.82) is 0 Å². The van der Waals surface area contributed by atoms with Gasteiger partial charge in [0.25, 0.3) is 0 Å². The quantitative estimate of drug-likeness (QED) is 0.330. The Labute approximate surface area is 171 Å². The van der Waals surface area contributed by atoms with E-state index in [1.807, 2.05) is 6.92 Å². The molecule has 0 saturated carbocycles. The smallest absolute Gasteiger partial charge is 0.243 e. The van der Waals surface area contributed by atoms with E-state index in [2.05, 4.69) is 22.5 Å². The minimum atomic E-state index is -0.385. The van der Waals surface area contributed by atoms with E-state index in [4.69, 9.17) is 0 Å². The molecule has 2 amide bonds. The van der Waals surface area contributed by atoms with Gasteiger partial charge in [0.2, 0.25) is 11.8 Å². The van der Waals surface area contributed by atoms with Gasteiger partial charge >= 0.3 is 0 Å². The average molecular weight is 398 g/mol. The van der Waals surface area contributed by atoms with E-state index in [-0.39, 0.29) is 30.5 Å². The lowest BCUT2D eigenvalue weighted by Crippen LogP contribution is -2.56. The summed E-state index contributed by atoms with van der Waals surface area (Å²) in [5.41, 5.74) is 0. The minimum Gasteiger partial charge on any atom is -0.392 e. The van der Waals surface area contributed by atoms with E-state index in [1.54, 1.807) is 0 Å². The first kappa shape index (κ1) is 24.9. The lowest BCUT2D eigenvalue weighted by molar-refractivity contribution is -0.133. The number of carbonyl (C=O) groups is 2. The first-order valence-corrected chi connectivity index (χ1v) is 11.5. The molecule has 1 rings (SSSR count). The molecule has 0 bridgehead atoms. The van der Waals surface area contributed by atoms with Crippen molar-refractivity contribution in [2.24, 2.45) is 0 Å². The predicted octanol–water partition coefficient (Wildman–Crippen LogP) is 2.98. The minimum absolute atomic E-state index is 0.0740. The van der Waals surface area contributed by atoms with Gasteiger partial charge in [-0.15, -0.1) is 0 Å². The summed E-state index contributed by atoms with van der Waals surface area (Å²) in [6.07, 6.45) is 14.1. The van der Waals surface area contributed by atoms with Gasteiger partial charge < -0.3 is 20.6 Å². The van der Waals surface area contributed by atoms with Crippen LogP contribution in [0.15, 0.2) is 0 Å². The summed E-state index contributed by atoms with van der Waals surface area (Å²) in [5.74, 6) is -0.180. The van der Waals surface area contributed by atoms with Crippen LogP contribution in [0.3, 0.4) is 0 Å². The van der Waals surface area contributed by atoms with Gasteiger partial charge in [0.15, 0.2) is 0 Å². The lowest BCUT2D eigenvalue weighted by atomic mass is 10.1. The van der Waals surface area contributed by atoms with Crippen molar-refractivity contribution in [2.45, 2.75) is 103 Å². The van der Waals surface area contributed by atoms with Crippen molar-refractivity contribution >= 4 is 11.8 Å². The first-order chi connectivity index (χ1) is 13.5. The molecule has 0 aromatic carbocycles. The number of aliphatic hydroxyl groups excluding tert-OH is 1. The van der Waals surface area contributed by atoms with Crippen LogP contribution in [-0.4, -0.2) is 60.1 Å². The lowest BCUT2D eigenvalue weighted by Gasteiger charge is -2.25. The molecule has 6 nitrogen and oxygen atoms in total. The van der Waals surface area contributed by atoms with Gasteiger partial charge in [-0.1, -0.05) is 58.3 Å². The molecule has 2 atom stereocenters. The molecule has 3 N–H and O–H groups in total. The summed E-state index contributed by atoms with van der Waals surface area (Å²) in [4.78, 5) is 25.5. The Bertz CT molecular complexity index is 429. The highest BCUT2D eigenvalue weighted by Gasteiger charge is 2.25. The zero-order chi connectivity index (χ0) is 20.6. The predicted molar refractivity (Wildman–Crippen MR) is 114 cm³/mol. The SMILES string of the molecule is CCCCCCCCCCCN(CCCCC1NC(=O)CNC1=O)CC(C)O. The molecule has 0 radical (unpaired) electrons. The third-order valence-corrected chi connectivity index (χ3v) is 5.39. The van der Waals surface area contributed by atoms with Crippen LogP contribution in [0.5, 0.6) is 0 Å². The van der Waals surface area contributed by atoms with Crippen LogP contribution in [0.25, 0.3) is 0 Å². The fourth-order valence-corrected chi connectivity index (χ4v) is 3.80. The zero-order valence-electron chi connectivity index (χ0n) is 18.2. The van der Waals surface area contributed by atoms with Crippen molar-refractivity contribution in [3.05, 3.63) is 0 Å². The number of carbonyl (C=O) groups excluding carboxylic acids is 2. The fourth-order valence-electron chi connectivity index (χ4n) is 3.80. The Hall–Kier alpha value is -1.14. The van der Waals surface area contributed by atoms with Gasteiger partial charge in [-0.2, -0.15) is 0 Å². The van der Waals surface area contributed by atoms with Crippen molar-refractivity contribution in [3.63, 3.8) is 0 Å².